The minimum atomic E-state index is -0.416. The van der Waals surface area contributed by atoms with E-state index in [0.717, 1.165) is 43.9 Å². The van der Waals surface area contributed by atoms with E-state index in [1.54, 1.807) is 5.01 Å². The fourth-order valence-corrected chi connectivity index (χ4v) is 3.98. The zero-order chi connectivity index (χ0) is 18.8. The van der Waals surface area contributed by atoms with Crippen molar-refractivity contribution in [3.63, 3.8) is 0 Å². The highest BCUT2D eigenvalue weighted by molar-refractivity contribution is 6.08. The Morgan fingerprint density at radius 1 is 1.07 bits per heavy atom. The van der Waals surface area contributed by atoms with Crippen LogP contribution in [0.1, 0.15) is 40.7 Å². The first-order chi connectivity index (χ1) is 13.2. The van der Waals surface area contributed by atoms with Crippen LogP contribution in [0.2, 0.25) is 0 Å². The molecule has 2 aromatic carbocycles. The Balaban J connectivity index is 1.67. The molecule has 5 nitrogen and oxygen atoms in total. The summed E-state index contributed by atoms with van der Waals surface area (Å²) in [6.07, 6.45) is 1.16. The Hall–Kier alpha value is -2.50. The maximum atomic E-state index is 13.2. The van der Waals surface area contributed by atoms with Crippen molar-refractivity contribution in [3.8, 4) is 0 Å². The van der Waals surface area contributed by atoms with Crippen LogP contribution in [0.25, 0.3) is 0 Å². The van der Waals surface area contributed by atoms with Crippen LogP contribution < -0.4 is 10.3 Å². The number of rotatable bonds is 4. The zero-order valence-corrected chi connectivity index (χ0v) is 15.6. The van der Waals surface area contributed by atoms with Gasteiger partial charge in [0.2, 0.25) is 5.91 Å². The van der Waals surface area contributed by atoms with Crippen molar-refractivity contribution in [3.05, 3.63) is 65.2 Å². The molecule has 2 aliphatic rings. The van der Waals surface area contributed by atoms with Crippen LogP contribution >= 0.6 is 0 Å². The fraction of sp³-hybridized carbons (Fsp3) is 0.364. The SMILES string of the molecule is CCc1ccc(C(=O)C2CC(=O)N(N3CCNCC3)c3ccccc32)cc1. The first-order valence-corrected chi connectivity index (χ1v) is 9.69. The van der Waals surface area contributed by atoms with E-state index in [2.05, 4.69) is 17.2 Å². The van der Waals surface area contributed by atoms with Crippen molar-refractivity contribution in [1.29, 1.82) is 0 Å². The molecular weight excluding hydrogens is 338 g/mol. The molecule has 0 saturated carbocycles. The third-order valence-electron chi connectivity index (χ3n) is 5.49. The number of carbonyl (C=O) groups is 2. The van der Waals surface area contributed by atoms with Crippen LogP contribution in [-0.4, -0.2) is 42.9 Å². The minimum Gasteiger partial charge on any atom is -0.314 e. The van der Waals surface area contributed by atoms with Gasteiger partial charge in [-0.15, -0.1) is 0 Å². The summed E-state index contributed by atoms with van der Waals surface area (Å²) < 4.78 is 0. The first-order valence-electron chi connectivity index (χ1n) is 9.69. The van der Waals surface area contributed by atoms with Crippen LogP contribution in [0.4, 0.5) is 5.69 Å². The summed E-state index contributed by atoms with van der Waals surface area (Å²) in [5, 5.41) is 7.20. The summed E-state index contributed by atoms with van der Waals surface area (Å²) in [6.45, 7) is 5.39. The molecular formula is C22H25N3O2. The van der Waals surface area contributed by atoms with Crippen molar-refractivity contribution in [1.82, 2.24) is 10.3 Å². The van der Waals surface area contributed by atoms with Gasteiger partial charge >= 0.3 is 0 Å². The number of amides is 1. The molecule has 1 unspecified atom stereocenters. The summed E-state index contributed by atoms with van der Waals surface area (Å²) >= 11 is 0. The lowest BCUT2D eigenvalue weighted by atomic mass is 9.84. The van der Waals surface area contributed by atoms with Gasteiger partial charge in [-0.3, -0.25) is 9.59 Å². The van der Waals surface area contributed by atoms with Gasteiger partial charge in [-0.2, -0.15) is 0 Å². The number of hydrogen-bond acceptors (Lipinski definition) is 4. The average molecular weight is 363 g/mol. The number of para-hydroxylation sites is 1. The van der Waals surface area contributed by atoms with E-state index in [4.69, 9.17) is 0 Å². The van der Waals surface area contributed by atoms with E-state index in [-0.39, 0.29) is 18.1 Å². The second-order valence-electron chi connectivity index (χ2n) is 7.14. The Kier molecular flexibility index (Phi) is 5.05. The predicted octanol–water partition coefficient (Wildman–Crippen LogP) is 2.77. The summed E-state index contributed by atoms with van der Waals surface area (Å²) in [7, 11) is 0. The second-order valence-corrected chi connectivity index (χ2v) is 7.14. The molecule has 0 radical (unpaired) electrons. The molecule has 1 saturated heterocycles. The van der Waals surface area contributed by atoms with E-state index in [1.165, 1.54) is 5.56 Å². The number of ketones is 1. The lowest BCUT2D eigenvalue weighted by Gasteiger charge is -2.42. The number of nitrogens with one attached hydrogen (secondary N) is 1. The molecule has 1 fully saturated rings. The second kappa shape index (κ2) is 7.62. The van der Waals surface area contributed by atoms with E-state index < -0.39 is 5.92 Å². The Bertz CT molecular complexity index is 841. The van der Waals surface area contributed by atoms with E-state index in [1.807, 2.05) is 48.5 Å². The Morgan fingerprint density at radius 3 is 2.48 bits per heavy atom. The first kappa shape index (κ1) is 17.9. The molecule has 2 aliphatic heterocycles. The van der Waals surface area contributed by atoms with Crippen molar-refractivity contribution in [2.75, 3.05) is 31.2 Å². The number of Topliss-reactive ketones (excluding diaryl/α,β-unsaturated/α-hetero) is 1. The van der Waals surface area contributed by atoms with Crippen LogP contribution in [0, 0.1) is 0 Å². The predicted molar refractivity (Wildman–Crippen MR) is 106 cm³/mol. The highest BCUT2D eigenvalue weighted by Gasteiger charge is 2.38. The zero-order valence-electron chi connectivity index (χ0n) is 15.6. The average Bonchev–Trinajstić information content (AvgIpc) is 2.73. The van der Waals surface area contributed by atoms with Gasteiger partial charge in [0.15, 0.2) is 5.78 Å². The number of hydrogen-bond donors (Lipinski definition) is 1. The molecule has 1 amide bonds. The fourth-order valence-electron chi connectivity index (χ4n) is 3.98. The van der Waals surface area contributed by atoms with Gasteiger partial charge in [-0.25, -0.2) is 10.0 Å². The van der Waals surface area contributed by atoms with Crippen molar-refractivity contribution >= 4 is 17.4 Å². The molecule has 0 aromatic heterocycles. The maximum Gasteiger partial charge on any atom is 0.242 e. The highest BCUT2D eigenvalue weighted by Crippen LogP contribution is 2.38. The van der Waals surface area contributed by atoms with E-state index >= 15 is 0 Å². The third kappa shape index (κ3) is 3.40. The normalized spacial score (nSPS) is 20.4. The number of aryl methyl sites for hydroxylation is 1. The van der Waals surface area contributed by atoms with Crippen LogP contribution in [0.3, 0.4) is 0 Å². The largest absolute Gasteiger partial charge is 0.314 e. The van der Waals surface area contributed by atoms with Crippen LogP contribution in [-0.2, 0) is 11.2 Å². The number of hydrazine groups is 1. The molecule has 5 heteroatoms. The summed E-state index contributed by atoms with van der Waals surface area (Å²) in [5.41, 5.74) is 3.67. The molecule has 1 N–H and O–H groups in total. The lowest BCUT2D eigenvalue weighted by Crippen LogP contribution is -2.56. The van der Waals surface area contributed by atoms with Crippen molar-refractivity contribution in [2.24, 2.45) is 0 Å². The van der Waals surface area contributed by atoms with Gasteiger partial charge < -0.3 is 5.32 Å². The van der Waals surface area contributed by atoms with Gasteiger partial charge in [-0.1, -0.05) is 49.4 Å². The van der Waals surface area contributed by atoms with Crippen molar-refractivity contribution in [2.45, 2.75) is 25.7 Å². The lowest BCUT2D eigenvalue weighted by molar-refractivity contribution is -0.122. The Labute approximate surface area is 159 Å². The molecule has 0 bridgehead atoms. The number of anilines is 1. The van der Waals surface area contributed by atoms with Gasteiger partial charge in [0, 0.05) is 38.2 Å². The van der Waals surface area contributed by atoms with Gasteiger partial charge in [0.05, 0.1) is 11.6 Å². The summed E-state index contributed by atoms with van der Waals surface area (Å²) in [6, 6.07) is 15.6. The monoisotopic (exact) mass is 363 g/mol. The molecule has 4 rings (SSSR count). The summed E-state index contributed by atoms with van der Waals surface area (Å²) in [4.78, 5) is 26.2. The molecule has 0 spiro atoms. The molecule has 2 aromatic rings. The van der Waals surface area contributed by atoms with Gasteiger partial charge in [-0.05, 0) is 23.6 Å². The topological polar surface area (TPSA) is 52.7 Å². The smallest absolute Gasteiger partial charge is 0.242 e. The number of nitrogens with zero attached hydrogens (tertiary/aromatic N) is 2. The maximum absolute atomic E-state index is 13.2. The Morgan fingerprint density at radius 2 is 1.78 bits per heavy atom. The van der Waals surface area contributed by atoms with Crippen molar-refractivity contribution < 1.29 is 9.59 Å². The third-order valence-corrected chi connectivity index (χ3v) is 5.49. The quantitative estimate of drug-likeness (QED) is 0.849. The van der Waals surface area contributed by atoms with Crippen LogP contribution in [0.5, 0.6) is 0 Å². The van der Waals surface area contributed by atoms with Gasteiger partial charge in [0.25, 0.3) is 0 Å². The number of benzene rings is 2. The summed E-state index contributed by atoms with van der Waals surface area (Å²) in [5.74, 6) is -0.391. The van der Waals surface area contributed by atoms with Gasteiger partial charge in [0.1, 0.15) is 0 Å². The number of carbonyl (C=O) groups excluding carboxylic acids is 2. The molecule has 1 atom stereocenters. The molecule has 27 heavy (non-hydrogen) atoms. The van der Waals surface area contributed by atoms with E-state index in [9.17, 15) is 9.59 Å². The molecule has 0 aliphatic carbocycles. The molecule has 140 valence electrons. The highest BCUT2D eigenvalue weighted by atomic mass is 16.2. The van der Waals surface area contributed by atoms with Crippen LogP contribution in [0.15, 0.2) is 48.5 Å². The molecule has 2 heterocycles. The number of fused-ring (bicyclic) bond motifs is 1. The number of piperazine rings is 1. The minimum absolute atomic E-state index is 0.000807. The standard InChI is InChI=1S/C22H25N3O2/c1-2-16-7-9-17(10-8-16)22(27)19-15-21(26)25(24-13-11-23-12-14-24)20-6-4-3-5-18(19)20/h3-10,19,23H,2,11-15H2,1H3. The van der Waals surface area contributed by atoms with E-state index in [0.29, 0.717) is 5.56 Å².